The number of aromatic carboxylic acids is 1. The van der Waals surface area contributed by atoms with Crippen molar-refractivity contribution in [1.82, 2.24) is 4.98 Å². The second kappa shape index (κ2) is 4.83. The molecule has 0 amide bonds. The molecule has 0 unspecified atom stereocenters. The van der Waals surface area contributed by atoms with E-state index in [-0.39, 0.29) is 22.4 Å². The smallest absolute Gasteiger partial charge is 0.336 e. The molecular weight excluding hydrogens is 237 g/mol. The van der Waals surface area contributed by atoms with E-state index in [2.05, 4.69) is 4.98 Å². The Balaban J connectivity index is 2.73. The summed E-state index contributed by atoms with van der Waals surface area (Å²) in [6.45, 7) is 0. The average Bonchev–Trinajstić information content (AvgIpc) is 2.38. The zero-order valence-electron chi connectivity index (χ0n) is 9.55. The molecule has 0 atom stereocenters. The van der Waals surface area contributed by atoms with E-state index in [0.29, 0.717) is 0 Å². The molecule has 1 N–H and O–H groups in total. The minimum Gasteiger partial charge on any atom is -0.496 e. The second-order valence-corrected chi connectivity index (χ2v) is 3.54. The van der Waals surface area contributed by atoms with E-state index in [4.69, 9.17) is 9.84 Å². The van der Waals surface area contributed by atoms with E-state index in [1.165, 1.54) is 37.7 Å². The molecule has 2 rings (SSSR count). The first-order valence-electron chi connectivity index (χ1n) is 5.15. The molecule has 1 aromatic carbocycles. The third kappa shape index (κ3) is 2.02. The van der Waals surface area contributed by atoms with Gasteiger partial charge < -0.3 is 9.84 Å². The zero-order valence-corrected chi connectivity index (χ0v) is 9.55. The van der Waals surface area contributed by atoms with Crippen LogP contribution in [-0.2, 0) is 0 Å². The number of carbonyl (C=O) groups is 1. The highest BCUT2D eigenvalue weighted by molar-refractivity contribution is 5.96. The third-order valence-corrected chi connectivity index (χ3v) is 2.52. The van der Waals surface area contributed by atoms with Crippen LogP contribution in [0.3, 0.4) is 0 Å². The monoisotopic (exact) mass is 247 g/mol. The van der Waals surface area contributed by atoms with Crippen molar-refractivity contribution in [2.45, 2.75) is 0 Å². The molecule has 0 saturated heterocycles. The van der Waals surface area contributed by atoms with Crippen molar-refractivity contribution in [1.29, 1.82) is 0 Å². The van der Waals surface area contributed by atoms with Gasteiger partial charge in [0.15, 0.2) is 0 Å². The average molecular weight is 247 g/mol. The molecule has 0 aliphatic carbocycles. The van der Waals surface area contributed by atoms with Crippen LogP contribution in [-0.4, -0.2) is 23.2 Å². The van der Waals surface area contributed by atoms with E-state index in [1.807, 2.05) is 0 Å². The molecule has 0 bridgehead atoms. The Bertz CT molecular complexity index is 599. The Morgan fingerprint density at radius 1 is 1.39 bits per heavy atom. The summed E-state index contributed by atoms with van der Waals surface area (Å²) in [7, 11) is 1.40. The quantitative estimate of drug-likeness (QED) is 0.905. The standard InChI is InChI=1S/C13H10FNO3/c1-18-11-4-2-3-10(14)12(11)9-7-15-6-5-8(9)13(16)17/h2-7H,1H3,(H,16,17). The first-order chi connectivity index (χ1) is 8.65. The minimum absolute atomic E-state index is 0.0200. The molecule has 0 aliphatic heterocycles. The minimum atomic E-state index is -1.14. The topological polar surface area (TPSA) is 59.4 Å². The summed E-state index contributed by atoms with van der Waals surface area (Å²) >= 11 is 0. The lowest BCUT2D eigenvalue weighted by Gasteiger charge is -2.11. The number of carboxylic acids is 1. The maximum absolute atomic E-state index is 13.9. The zero-order chi connectivity index (χ0) is 13.1. The highest BCUT2D eigenvalue weighted by Crippen LogP contribution is 2.34. The number of carboxylic acid groups (broad SMARTS) is 1. The maximum atomic E-state index is 13.9. The van der Waals surface area contributed by atoms with Crippen molar-refractivity contribution in [3.63, 3.8) is 0 Å². The van der Waals surface area contributed by atoms with Crippen LogP contribution in [0.2, 0.25) is 0 Å². The summed E-state index contributed by atoms with van der Waals surface area (Å²) in [6.07, 6.45) is 2.66. The Hall–Kier alpha value is -2.43. The van der Waals surface area contributed by atoms with Gasteiger partial charge in [-0.15, -0.1) is 0 Å². The summed E-state index contributed by atoms with van der Waals surface area (Å²) in [5.41, 5.74) is 0.277. The van der Waals surface area contributed by atoms with Gasteiger partial charge in [0.2, 0.25) is 0 Å². The molecule has 1 aromatic heterocycles. The van der Waals surface area contributed by atoms with Crippen LogP contribution in [0, 0.1) is 5.82 Å². The fourth-order valence-corrected chi connectivity index (χ4v) is 1.72. The number of rotatable bonds is 3. The molecule has 0 spiro atoms. The van der Waals surface area contributed by atoms with Crippen molar-refractivity contribution in [3.8, 4) is 16.9 Å². The van der Waals surface area contributed by atoms with Crippen LogP contribution in [0.1, 0.15) is 10.4 Å². The van der Waals surface area contributed by atoms with Crippen LogP contribution in [0.25, 0.3) is 11.1 Å². The summed E-state index contributed by atoms with van der Waals surface area (Å²) in [5, 5.41) is 9.09. The van der Waals surface area contributed by atoms with Crippen LogP contribution in [0.5, 0.6) is 5.75 Å². The Labute approximate surface area is 103 Å². The molecule has 18 heavy (non-hydrogen) atoms. The molecule has 0 saturated carbocycles. The number of aromatic nitrogens is 1. The van der Waals surface area contributed by atoms with Gasteiger partial charge in [-0.1, -0.05) is 6.07 Å². The highest BCUT2D eigenvalue weighted by Gasteiger charge is 2.18. The lowest BCUT2D eigenvalue weighted by molar-refractivity contribution is 0.0697. The van der Waals surface area contributed by atoms with Crippen LogP contribution >= 0.6 is 0 Å². The van der Waals surface area contributed by atoms with Gasteiger partial charge in [0, 0.05) is 18.0 Å². The number of pyridine rings is 1. The van der Waals surface area contributed by atoms with Gasteiger partial charge in [-0.05, 0) is 18.2 Å². The van der Waals surface area contributed by atoms with Crippen LogP contribution < -0.4 is 4.74 Å². The lowest BCUT2D eigenvalue weighted by atomic mass is 10.0. The predicted molar refractivity (Wildman–Crippen MR) is 63.1 cm³/mol. The maximum Gasteiger partial charge on any atom is 0.336 e. The van der Waals surface area contributed by atoms with Crippen LogP contribution in [0.4, 0.5) is 4.39 Å². The van der Waals surface area contributed by atoms with Gasteiger partial charge in [-0.2, -0.15) is 0 Å². The van der Waals surface area contributed by atoms with Gasteiger partial charge in [0.1, 0.15) is 11.6 Å². The van der Waals surface area contributed by atoms with Gasteiger partial charge in [-0.3, -0.25) is 4.98 Å². The molecule has 1 heterocycles. The molecule has 0 fully saturated rings. The van der Waals surface area contributed by atoms with E-state index >= 15 is 0 Å². The van der Waals surface area contributed by atoms with Crippen molar-refractivity contribution < 1.29 is 19.0 Å². The molecule has 2 aromatic rings. The van der Waals surface area contributed by atoms with Gasteiger partial charge >= 0.3 is 5.97 Å². The number of nitrogens with zero attached hydrogens (tertiary/aromatic N) is 1. The number of hydrogen-bond donors (Lipinski definition) is 1. The predicted octanol–water partition coefficient (Wildman–Crippen LogP) is 2.59. The van der Waals surface area contributed by atoms with E-state index in [0.717, 1.165) is 0 Å². The first kappa shape index (κ1) is 12.0. The number of ether oxygens (including phenoxy) is 1. The van der Waals surface area contributed by atoms with Gasteiger partial charge in [0.25, 0.3) is 0 Å². The Morgan fingerprint density at radius 3 is 2.83 bits per heavy atom. The molecule has 0 aliphatic rings. The highest BCUT2D eigenvalue weighted by atomic mass is 19.1. The summed E-state index contributed by atoms with van der Waals surface area (Å²) in [6, 6.07) is 5.63. The van der Waals surface area contributed by atoms with E-state index in [1.54, 1.807) is 6.07 Å². The fourth-order valence-electron chi connectivity index (χ4n) is 1.72. The summed E-state index contributed by atoms with van der Waals surface area (Å²) < 4.78 is 18.9. The number of halogens is 1. The van der Waals surface area contributed by atoms with Crippen molar-refractivity contribution in [3.05, 3.63) is 48.0 Å². The Kier molecular flexibility index (Phi) is 3.23. The van der Waals surface area contributed by atoms with Gasteiger partial charge in [-0.25, -0.2) is 9.18 Å². The third-order valence-electron chi connectivity index (χ3n) is 2.52. The van der Waals surface area contributed by atoms with E-state index < -0.39 is 11.8 Å². The van der Waals surface area contributed by atoms with E-state index in [9.17, 15) is 9.18 Å². The number of methoxy groups -OCH3 is 1. The number of hydrogen-bond acceptors (Lipinski definition) is 3. The first-order valence-corrected chi connectivity index (χ1v) is 5.15. The van der Waals surface area contributed by atoms with Gasteiger partial charge in [0.05, 0.1) is 18.2 Å². The molecule has 0 radical (unpaired) electrons. The Morgan fingerprint density at radius 2 is 2.17 bits per heavy atom. The molecule has 4 nitrogen and oxygen atoms in total. The van der Waals surface area contributed by atoms with Crippen molar-refractivity contribution in [2.75, 3.05) is 7.11 Å². The lowest BCUT2D eigenvalue weighted by Crippen LogP contribution is -2.02. The van der Waals surface area contributed by atoms with Crippen LogP contribution in [0.15, 0.2) is 36.7 Å². The SMILES string of the molecule is COc1cccc(F)c1-c1cnccc1C(=O)O. The van der Waals surface area contributed by atoms with Crippen molar-refractivity contribution in [2.24, 2.45) is 0 Å². The molecule has 5 heteroatoms. The number of benzene rings is 1. The molecular formula is C13H10FNO3. The normalized spacial score (nSPS) is 10.1. The van der Waals surface area contributed by atoms with Crippen molar-refractivity contribution >= 4 is 5.97 Å². The largest absolute Gasteiger partial charge is 0.496 e. The molecule has 92 valence electrons. The summed E-state index contributed by atoms with van der Waals surface area (Å²) in [5.74, 6) is -1.42. The summed E-state index contributed by atoms with van der Waals surface area (Å²) in [4.78, 5) is 15.0. The second-order valence-electron chi connectivity index (χ2n) is 3.54. The fraction of sp³-hybridized carbons (Fsp3) is 0.0769.